The highest BCUT2D eigenvalue weighted by molar-refractivity contribution is 5.91. The van der Waals surface area contributed by atoms with Crippen LogP contribution >= 0.6 is 0 Å². The van der Waals surface area contributed by atoms with Gasteiger partial charge in [-0.25, -0.2) is 0 Å². The van der Waals surface area contributed by atoms with Crippen LogP contribution in [0.2, 0.25) is 0 Å². The lowest BCUT2D eigenvalue weighted by Gasteiger charge is -2.20. The Morgan fingerprint density at radius 1 is 1.22 bits per heavy atom. The fourth-order valence-electron chi connectivity index (χ4n) is 2.50. The van der Waals surface area contributed by atoms with E-state index in [1.165, 1.54) is 6.42 Å². The average molecular weight is 244 g/mol. The number of pyridine rings is 1. The van der Waals surface area contributed by atoms with Gasteiger partial charge >= 0.3 is 0 Å². The maximum absolute atomic E-state index is 12.1. The minimum Gasteiger partial charge on any atom is -0.294 e. The summed E-state index contributed by atoms with van der Waals surface area (Å²) in [6.45, 7) is 0. The summed E-state index contributed by atoms with van der Waals surface area (Å²) in [4.78, 5) is 12.1. The summed E-state index contributed by atoms with van der Waals surface area (Å²) in [5.74, 6) is 0.726. The number of fused-ring (bicyclic) bond motifs is 1. The predicted octanol–water partition coefficient (Wildman–Crippen LogP) is 2.25. The highest BCUT2D eigenvalue weighted by atomic mass is 16.2. The second kappa shape index (κ2) is 4.76. The van der Waals surface area contributed by atoms with Crippen LogP contribution in [0.3, 0.4) is 0 Å². The second-order valence-electron chi connectivity index (χ2n) is 4.78. The zero-order valence-corrected chi connectivity index (χ0v) is 10.2. The largest absolute Gasteiger partial charge is 0.294 e. The molecule has 1 aliphatic rings. The molecule has 18 heavy (non-hydrogen) atoms. The monoisotopic (exact) mass is 244 g/mol. The Morgan fingerprint density at radius 2 is 2.06 bits per heavy atom. The Morgan fingerprint density at radius 3 is 2.89 bits per heavy atom. The molecular formula is C13H16N4O. The molecule has 1 N–H and O–H groups in total. The Kier molecular flexibility index (Phi) is 2.96. The zero-order chi connectivity index (χ0) is 12.4. The third-order valence-electron chi connectivity index (χ3n) is 3.52. The first-order valence-electron chi connectivity index (χ1n) is 6.45. The van der Waals surface area contributed by atoms with Gasteiger partial charge in [-0.05, 0) is 25.0 Å². The molecule has 0 saturated heterocycles. The fourth-order valence-corrected chi connectivity index (χ4v) is 2.50. The van der Waals surface area contributed by atoms with E-state index in [0.717, 1.165) is 31.3 Å². The maximum atomic E-state index is 12.1. The van der Waals surface area contributed by atoms with Crippen molar-refractivity contribution >= 4 is 17.5 Å². The first-order valence-corrected chi connectivity index (χ1v) is 6.45. The van der Waals surface area contributed by atoms with Gasteiger partial charge in [0.1, 0.15) is 0 Å². The summed E-state index contributed by atoms with van der Waals surface area (Å²) < 4.78 is 1.79. The molecule has 2 aromatic rings. The van der Waals surface area contributed by atoms with Gasteiger partial charge in [0.05, 0.1) is 0 Å². The third kappa shape index (κ3) is 2.08. The van der Waals surface area contributed by atoms with E-state index in [-0.39, 0.29) is 11.8 Å². The quantitative estimate of drug-likeness (QED) is 0.881. The van der Waals surface area contributed by atoms with E-state index in [1.807, 2.05) is 24.4 Å². The van der Waals surface area contributed by atoms with E-state index < -0.39 is 0 Å². The first kappa shape index (κ1) is 11.2. The molecule has 1 fully saturated rings. The zero-order valence-electron chi connectivity index (χ0n) is 10.2. The third-order valence-corrected chi connectivity index (χ3v) is 3.52. The summed E-state index contributed by atoms with van der Waals surface area (Å²) in [5.41, 5.74) is 0.747. The summed E-state index contributed by atoms with van der Waals surface area (Å²) in [7, 11) is 0. The number of anilines is 1. The molecular weight excluding hydrogens is 228 g/mol. The van der Waals surface area contributed by atoms with E-state index in [4.69, 9.17) is 0 Å². The predicted molar refractivity (Wildman–Crippen MR) is 68.2 cm³/mol. The van der Waals surface area contributed by atoms with Crippen molar-refractivity contribution in [2.45, 2.75) is 32.1 Å². The second-order valence-corrected chi connectivity index (χ2v) is 4.78. The molecule has 0 bridgehead atoms. The molecule has 0 atom stereocenters. The Bertz CT molecular complexity index is 557. The molecule has 5 heteroatoms. The van der Waals surface area contributed by atoms with Crippen LogP contribution in [-0.4, -0.2) is 20.5 Å². The van der Waals surface area contributed by atoms with E-state index in [1.54, 1.807) is 4.40 Å². The van der Waals surface area contributed by atoms with E-state index in [0.29, 0.717) is 5.95 Å². The number of amides is 1. The van der Waals surface area contributed by atoms with Crippen LogP contribution in [0.1, 0.15) is 32.1 Å². The SMILES string of the molecule is O=C(Nc1nnc2ccccn12)C1CCCCC1. The highest BCUT2D eigenvalue weighted by Gasteiger charge is 2.22. The van der Waals surface area contributed by atoms with Crippen LogP contribution in [0.25, 0.3) is 5.65 Å². The van der Waals surface area contributed by atoms with Gasteiger partial charge in [-0.3, -0.25) is 14.5 Å². The lowest BCUT2D eigenvalue weighted by Crippen LogP contribution is -2.25. The van der Waals surface area contributed by atoms with Crippen molar-refractivity contribution in [1.82, 2.24) is 14.6 Å². The number of carbonyl (C=O) groups is 1. The Labute approximate surface area is 105 Å². The summed E-state index contributed by atoms with van der Waals surface area (Å²) in [5, 5.41) is 10.9. The van der Waals surface area contributed by atoms with Crippen LogP contribution in [0.4, 0.5) is 5.95 Å². The number of nitrogens with one attached hydrogen (secondary N) is 1. The minimum absolute atomic E-state index is 0.0767. The summed E-state index contributed by atoms with van der Waals surface area (Å²) in [6, 6.07) is 5.66. The molecule has 1 amide bonds. The molecule has 0 radical (unpaired) electrons. The summed E-state index contributed by atoms with van der Waals surface area (Å²) >= 11 is 0. The van der Waals surface area contributed by atoms with Gasteiger partial charge < -0.3 is 0 Å². The van der Waals surface area contributed by atoms with Gasteiger partial charge in [-0.2, -0.15) is 0 Å². The molecule has 0 aromatic carbocycles. The summed E-state index contributed by atoms with van der Waals surface area (Å²) in [6.07, 6.45) is 7.38. The van der Waals surface area contributed by atoms with Crippen molar-refractivity contribution in [3.05, 3.63) is 24.4 Å². The lowest BCUT2D eigenvalue weighted by atomic mass is 9.89. The van der Waals surface area contributed by atoms with Gasteiger partial charge in [0.2, 0.25) is 11.9 Å². The van der Waals surface area contributed by atoms with E-state index in [9.17, 15) is 4.79 Å². The van der Waals surface area contributed by atoms with Crippen LogP contribution < -0.4 is 5.32 Å². The number of aromatic nitrogens is 3. The van der Waals surface area contributed by atoms with Crippen LogP contribution in [0.5, 0.6) is 0 Å². The van der Waals surface area contributed by atoms with Gasteiger partial charge in [0.15, 0.2) is 5.65 Å². The van der Waals surface area contributed by atoms with Gasteiger partial charge in [-0.15, -0.1) is 10.2 Å². The van der Waals surface area contributed by atoms with Crippen molar-refractivity contribution in [1.29, 1.82) is 0 Å². The average Bonchev–Trinajstić information content (AvgIpc) is 2.83. The molecule has 1 aliphatic carbocycles. The van der Waals surface area contributed by atoms with Gasteiger partial charge in [0, 0.05) is 12.1 Å². The maximum Gasteiger partial charge on any atom is 0.235 e. The molecule has 0 unspecified atom stereocenters. The van der Waals surface area contributed by atoms with Crippen LogP contribution in [0.15, 0.2) is 24.4 Å². The van der Waals surface area contributed by atoms with Crippen LogP contribution in [0, 0.1) is 5.92 Å². The first-order chi connectivity index (χ1) is 8.84. The molecule has 0 aliphatic heterocycles. The van der Waals surface area contributed by atoms with Crippen molar-refractivity contribution in [3.63, 3.8) is 0 Å². The molecule has 94 valence electrons. The minimum atomic E-state index is 0.0767. The van der Waals surface area contributed by atoms with E-state index >= 15 is 0 Å². The molecule has 3 rings (SSSR count). The standard InChI is InChI=1S/C13H16N4O/c18-12(10-6-2-1-3-7-10)14-13-16-15-11-8-4-5-9-17(11)13/h4-5,8-10H,1-3,6-7H2,(H,14,16,18). The number of rotatable bonds is 2. The van der Waals surface area contributed by atoms with Gasteiger partial charge in [-0.1, -0.05) is 25.3 Å². The van der Waals surface area contributed by atoms with Crippen LogP contribution in [-0.2, 0) is 4.79 Å². The Balaban J connectivity index is 1.77. The van der Waals surface area contributed by atoms with Crippen molar-refractivity contribution in [2.24, 2.45) is 5.92 Å². The van der Waals surface area contributed by atoms with Crippen molar-refractivity contribution < 1.29 is 4.79 Å². The number of carbonyl (C=O) groups excluding carboxylic acids is 1. The van der Waals surface area contributed by atoms with E-state index in [2.05, 4.69) is 15.5 Å². The molecule has 5 nitrogen and oxygen atoms in total. The molecule has 2 heterocycles. The Hall–Kier alpha value is -1.91. The molecule has 0 spiro atoms. The topological polar surface area (TPSA) is 59.3 Å². The molecule has 2 aromatic heterocycles. The fraction of sp³-hybridized carbons (Fsp3) is 0.462. The number of nitrogens with zero attached hydrogens (tertiary/aromatic N) is 3. The smallest absolute Gasteiger partial charge is 0.235 e. The van der Waals surface area contributed by atoms with Gasteiger partial charge in [0.25, 0.3) is 0 Å². The number of hydrogen-bond acceptors (Lipinski definition) is 3. The van der Waals surface area contributed by atoms with Crippen molar-refractivity contribution in [2.75, 3.05) is 5.32 Å². The highest BCUT2D eigenvalue weighted by Crippen LogP contribution is 2.24. The van der Waals surface area contributed by atoms with Crippen molar-refractivity contribution in [3.8, 4) is 0 Å². The molecule has 1 saturated carbocycles. The number of hydrogen-bond donors (Lipinski definition) is 1. The normalized spacial score (nSPS) is 16.9. The lowest BCUT2D eigenvalue weighted by molar-refractivity contribution is -0.120.